The molecule has 48 heavy (non-hydrogen) atoms. The lowest BCUT2D eigenvalue weighted by Gasteiger charge is -2.44. The second-order valence-electron chi connectivity index (χ2n) is 13.0. The molecule has 0 bridgehead atoms. The number of anilines is 1. The van der Waals surface area contributed by atoms with Crippen LogP contribution < -0.4 is 5.32 Å². The van der Waals surface area contributed by atoms with Crippen molar-refractivity contribution >= 4 is 50.2 Å². The van der Waals surface area contributed by atoms with Gasteiger partial charge in [0.05, 0.1) is 24.8 Å². The highest BCUT2D eigenvalue weighted by Crippen LogP contribution is 2.50. The van der Waals surface area contributed by atoms with E-state index in [1.807, 2.05) is 51.1 Å². The minimum atomic E-state index is -0.734. The third-order valence-electron chi connectivity index (χ3n) is 9.69. The summed E-state index contributed by atoms with van der Waals surface area (Å²) in [6, 6.07) is 6.60. The van der Waals surface area contributed by atoms with Crippen molar-refractivity contribution in [3.05, 3.63) is 76.1 Å². The molecule has 5 heterocycles. The minimum absolute atomic E-state index is 0.131. The van der Waals surface area contributed by atoms with Crippen molar-refractivity contribution in [1.82, 2.24) is 34.5 Å². The maximum Gasteiger partial charge on any atom is 0.248 e. The average molecular weight is 714 g/mol. The number of morpholine rings is 1. The summed E-state index contributed by atoms with van der Waals surface area (Å²) in [7, 11) is 0. The van der Waals surface area contributed by atoms with Crippen LogP contribution in [0.15, 0.2) is 53.4 Å². The van der Waals surface area contributed by atoms with Gasteiger partial charge in [-0.25, -0.2) is 15.0 Å². The summed E-state index contributed by atoms with van der Waals surface area (Å²) in [6.45, 7) is 10.6. The van der Waals surface area contributed by atoms with Crippen LogP contribution in [-0.4, -0.2) is 97.1 Å². The van der Waals surface area contributed by atoms with E-state index in [2.05, 4.69) is 52.3 Å². The Labute approximate surface area is 286 Å². The van der Waals surface area contributed by atoms with Gasteiger partial charge < -0.3 is 15.0 Å². The lowest BCUT2D eigenvalue weighted by Crippen LogP contribution is -2.54. The summed E-state index contributed by atoms with van der Waals surface area (Å²) in [6.07, 6.45) is 8.17. The molecule has 4 aromatic rings. The molecule has 13 heteroatoms. The van der Waals surface area contributed by atoms with Gasteiger partial charge in [0.1, 0.15) is 34.5 Å². The Kier molecular flexibility index (Phi) is 8.46. The number of hydrogen-bond donors (Lipinski definition) is 1. The Bertz CT molecular complexity index is 1970. The van der Waals surface area contributed by atoms with Gasteiger partial charge in [-0.3, -0.25) is 24.0 Å². The minimum Gasteiger partial charge on any atom is -0.379 e. The van der Waals surface area contributed by atoms with Crippen LogP contribution in [0.3, 0.4) is 0 Å². The van der Waals surface area contributed by atoms with Gasteiger partial charge in [0.15, 0.2) is 5.78 Å². The first-order valence-corrected chi connectivity index (χ1v) is 16.9. The van der Waals surface area contributed by atoms with E-state index in [9.17, 15) is 14.4 Å². The van der Waals surface area contributed by atoms with Gasteiger partial charge in [-0.2, -0.15) is 5.10 Å². The number of aryl methyl sites for hydroxylation is 3. The smallest absolute Gasteiger partial charge is 0.248 e. The lowest BCUT2D eigenvalue weighted by atomic mass is 9.70. The number of hydrogen-bond acceptors (Lipinski definition) is 9. The predicted molar refractivity (Wildman–Crippen MR) is 183 cm³/mol. The van der Waals surface area contributed by atoms with Crippen LogP contribution in [0.5, 0.6) is 0 Å². The van der Waals surface area contributed by atoms with Gasteiger partial charge in [-0.1, -0.05) is 18.2 Å². The number of ether oxygens (including phenoxy) is 1. The van der Waals surface area contributed by atoms with Gasteiger partial charge in [0.25, 0.3) is 0 Å². The van der Waals surface area contributed by atoms with Crippen LogP contribution in [-0.2, 0) is 20.9 Å². The number of rotatable bonds is 8. The van der Waals surface area contributed by atoms with Crippen molar-refractivity contribution in [2.24, 2.45) is 5.41 Å². The molecule has 2 saturated heterocycles. The number of amides is 2. The van der Waals surface area contributed by atoms with Crippen molar-refractivity contribution < 1.29 is 19.1 Å². The van der Waals surface area contributed by atoms with Crippen LogP contribution >= 0.6 is 15.9 Å². The van der Waals surface area contributed by atoms with Crippen molar-refractivity contribution in [2.45, 2.75) is 52.7 Å². The SMILES string of the molecule is CC(=O)c1nn(CC(=O)N2[C@H](C(=O)Nc3nc(Br)ccc3C)C[C@@]3(CN4CCOCC4)C=C[C@@H]23)c2c(C)cc(-c3cnc(C)nc3)cc12. The molecule has 2 aliphatic heterocycles. The third kappa shape index (κ3) is 5.84. The maximum absolute atomic E-state index is 14.5. The van der Waals surface area contributed by atoms with E-state index in [0.717, 1.165) is 41.9 Å². The number of nitrogens with zero attached hydrogens (tertiary/aromatic N) is 7. The Balaban J connectivity index is 1.23. The fourth-order valence-corrected chi connectivity index (χ4v) is 7.56. The standard InChI is InChI=1S/C35H37BrN8O4/c1-20-5-6-29(36)39-33(20)40-34(47)27-15-35(19-42-9-11-48-12-10-42)8-7-28(35)44(27)30(46)18-43-32-21(2)13-24(25-16-37-23(4)38-17-25)14-26(32)31(41-43)22(3)45/h5-8,13-14,16-17,27-28H,9-12,15,18-19H2,1-4H3,(H,39,40,47)/t27-,28+,35+/m0/s1. The van der Waals surface area contributed by atoms with E-state index in [1.54, 1.807) is 22.0 Å². The molecule has 0 spiro atoms. The van der Waals surface area contributed by atoms with E-state index >= 15 is 0 Å². The molecule has 2 fully saturated rings. The molecule has 3 aromatic heterocycles. The highest BCUT2D eigenvalue weighted by atomic mass is 79.9. The zero-order valence-corrected chi connectivity index (χ0v) is 29.0. The predicted octanol–water partition coefficient (Wildman–Crippen LogP) is 4.28. The quantitative estimate of drug-likeness (QED) is 0.161. The van der Waals surface area contributed by atoms with Crippen LogP contribution in [0, 0.1) is 26.2 Å². The number of nitrogens with one attached hydrogen (secondary N) is 1. The molecule has 248 valence electrons. The number of likely N-dealkylation sites (tertiary alicyclic amines) is 1. The molecule has 1 aromatic carbocycles. The first kappa shape index (κ1) is 32.2. The Morgan fingerprint density at radius 1 is 1.04 bits per heavy atom. The molecular weight excluding hydrogens is 676 g/mol. The highest BCUT2D eigenvalue weighted by Gasteiger charge is 2.58. The lowest BCUT2D eigenvalue weighted by molar-refractivity contribution is -0.139. The van der Waals surface area contributed by atoms with Gasteiger partial charge in [0.2, 0.25) is 11.8 Å². The number of halogens is 1. The number of carbonyl (C=O) groups excluding carboxylic acids is 3. The molecule has 0 saturated carbocycles. The molecule has 0 unspecified atom stereocenters. The largest absolute Gasteiger partial charge is 0.379 e. The Morgan fingerprint density at radius 3 is 2.48 bits per heavy atom. The first-order valence-electron chi connectivity index (χ1n) is 16.1. The van der Waals surface area contributed by atoms with Crippen LogP contribution in [0.2, 0.25) is 0 Å². The fourth-order valence-electron chi connectivity index (χ4n) is 7.25. The summed E-state index contributed by atoms with van der Waals surface area (Å²) in [4.78, 5) is 58.6. The summed E-state index contributed by atoms with van der Waals surface area (Å²) in [5.41, 5.74) is 3.96. The van der Waals surface area contributed by atoms with Crippen molar-refractivity contribution in [2.75, 3.05) is 38.2 Å². The summed E-state index contributed by atoms with van der Waals surface area (Å²) < 4.78 is 7.79. The van der Waals surface area contributed by atoms with E-state index in [4.69, 9.17) is 4.74 Å². The van der Waals surface area contributed by atoms with Crippen LogP contribution in [0.1, 0.15) is 40.8 Å². The van der Waals surface area contributed by atoms with Gasteiger partial charge >= 0.3 is 0 Å². The topological polar surface area (TPSA) is 135 Å². The molecule has 2 amide bonds. The molecule has 7 rings (SSSR count). The normalized spacial score (nSPS) is 22.1. The van der Waals surface area contributed by atoms with E-state index in [0.29, 0.717) is 46.8 Å². The van der Waals surface area contributed by atoms with Crippen molar-refractivity contribution in [1.29, 1.82) is 0 Å². The molecule has 3 atom stereocenters. The third-order valence-corrected chi connectivity index (χ3v) is 10.1. The Morgan fingerprint density at radius 2 is 1.79 bits per heavy atom. The molecule has 12 nitrogen and oxygen atoms in total. The van der Waals surface area contributed by atoms with Gasteiger partial charge in [-0.15, -0.1) is 0 Å². The molecule has 1 aliphatic carbocycles. The monoisotopic (exact) mass is 712 g/mol. The number of benzene rings is 1. The number of ketones is 1. The second kappa shape index (κ2) is 12.6. The number of fused-ring (bicyclic) bond motifs is 2. The van der Waals surface area contributed by atoms with Gasteiger partial charge in [0, 0.05) is 55.3 Å². The number of Topliss-reactive ketones (excluding diaryl/α,β-unsaturated/α-hetero) is 1. The average Bonchev–Trinajstić information content (AvgIpc) is 3.52. The Hall–Kier alpha value is -4.33. The first-order chi connectivity index (χ1) is 23.0. The van der Waals surface area contributed by atoms with Crippen molar-refractivity contribution in [3.8, 4) is 11.1 Å². The van der Waals surface area contributed by atoms with E-state index in [-0.39, 0.29) is 41.3 Å². The number of aromatic nitrogens is 5. The molecule has 0 radical (unpaired) electrons. The van der Waals surface area contributed by atoms with Crippen molar-refractivity contribution in [3.63, 3.8) is 0 Å². The van der Waals surface area contributed by atoms with Crippen LogP contribution in [0.4, 0.5) is 5.82 Å². The molecular formula is C35H37BrN8O4. The van der Waals surface area contributed by atoms with Crippen LogP contribution in [0.25, 0.3) is 22.0 Å². The fraction of sp³-hybridized carbons (Fsp3) is 0.400. The summed E-state index contributed by atoms with van der Waals surface area (Å²) in [5, 5.41) is 8.33. The number of pyridine rings is 1. The summed E-state index contributed by atoms with van der Waals surface area (Å²) in [5.74, 6) is 0.377. The maximum atomic E-state index is 14.5. The zero-order chi connectivity index (χ0) is 33.7. The zero-order valence-electron chi connectivity index (χ0n) is 27.4. The van der Waals surface area contributed by atoms with E-state index < -0.39 is 6.04 Å². The summed E-state index contributed by atoms with van der Waals surface area (Å²) >= 11 is 3.40. The second-order valence-corrected chi connectivity index (χ2v) is 13.8. The highest BCUT2D eigenvalue weighted by molar-refractivity contribution is 9.10. The molecule has 1 N–H and O–H groups in total. The van der Waals surface area contributed by atoms with Gasteiger partial charge in [-0.05, 0) is 78.0 Å². The van der Waals surface area contributed by atoms with E-state index in [1.165, 1.54) is 6.92 Å². The molecule has 3 aliphatic rings. The number of carbonyl (C=O) groups is 3.